The van der Waals surface area contributed by atoms with E-state index in [1.54, 1.807) is 29.1 Å². The van der Waals surface area contributed by atoms with E-state index in [9.17, 15) is 9.18 Å². The Morgan fingerprint density at radius 2 is 2.10 bits per heavy atom. The number of aromatic nitrogens is 5. The van der Waals surface area contributed by atoms with Crippen LogP contribution in [0.4, 0.5) is 16.0 Å². The molecule has 0 bridgehead atoms. The molecule has 1 amide bonds. The number of anilines is 2. The number of carbonyl (C=O) groups excluding carboxylic acids is 1. The van der Waals surface area contributed by atoms with E-state index in [4.69, 9.17) is 11.5 Å². The molecule has 1 aromatic carbocycles. The van der Waals surface area contributed by atoms with Crippen LogP contribution in [0.5, 0.6) is 0 Å². The Hall–Kier alpha value is -4.08. The molecular weight excluding hydrogens is 375 g/mol. The number of fused-ring (bicyclic) bond motifs is 1. The molecule has 0 saturated heterocycles. The third-order valence-electron chi connectivity index (χ3n) is 4.41. The number of nitrogens with zero attached hydrogens (tertiary/aromatic N) is 5. The summed E-state index contributed by atoms with van der Waals surface area (Å²) in [6, 6.07) is 7.53. The van der Waals surface area contributed by atoms with Crippen molar-refractivity contribution in [1.82, 2.24) is 24.5 Å². The fourth-order valence-corrected chi connectivity index (χ4v) is 3.14. The number of nitrogen functional groups attached to an aromatic ring is 1. The summed E-state index contributed by atoms with van der Waals surface area (Å²) in [5, 5.41) is 3.11. The van der Waals surface area contributed by atoms with Gasteiger partial charge in [0.2, 0.25) is 0 Å². The van der Waals surface area contributed by atoms with E-state index in [0.717, 1.165) is 0 Å². The summed E-state index contributed by atoms with van der Waals surface area (Å²) in [7, 11) is 0. The van der Waals surface area contributed by atoms with E-state index in [2.05, 4.69) is 25.3 Å². The van der Waals surface area contributed by atoms with Gasteiger partial charge in [-0.1, -0.05) is 0 Å². The molecule has 10 heteroatoms. The van der Waals surface area contributed by atoms with Crippen molar-refractivity contribution in [2.75, 3.05) is 11.1 Å². The second-order valence-corrected chi connectivity index (χ2v) is 6.36. The van der Waals surface area contributed by atoms with Gasteiger partial charge in [0.1, 0.15) is 35.2 Å². The van der Waals surface area contributed by atoms with Gasteiger partial charge in [0, 0.05) is 12.3 Å². The highest BCUT2D eigenvalue weighted by Gasteiger charge is 2.22. The van der Waals surface area contributed by atoms with Crippen molar-refractivity contribution in [1.29, 1.82) is 0 Å². The van der Waals surface area contributed by atoms with Gasteiger partial charge in [-0.05, 0) is 31.2 Å². The molecule has 0 aliphatic carbocycles. The van der Waals surface area contributed by atoms with Gasteiger partial charge < -0.3 is 16.8 Å². The number of hydrogen-bond donors (Lipinski definition) is 3. The molecule has 3 heterocycles. The van der Waals surface area contributed by atoms with E-state index in [0.29, 0.717) is 22.5 Å². The second-order valence-electron chi connectivity index (χ2n) is 6.36. The fraction of sp³-hybridized carbons (Fsp3) is 0.105. The van der Waals surface area contributed by atoms with Crippen molar-refractivity contribution in [2.24, 2.45) is 5.73 Å². The predicted octanol–water partition coefficient (Wildman–Crippen LogP) is 2.20. The van der Waals surface area contributed by atoms with Crippen LogP contribution in [0.15, 0.2) is 49.1 Å². The van der Waals surface area contributed by atoms with E-state index in [1.165, 1.54) is 18.5 Å². The molecule has 0 spiro atoms. The molecule has 29 heavy (non-hydrogen) atoms. The monoisotopic (exact) mass is 392 g/mol. The topological polar surface area (TPSA) is 138 Å². The van der Waals surface area contributed by atoms with Gasteiger partial charge in [0.25, 0.3) is 5.91 Å². The average Bonchev–Trinajstić information content (AvgIpc) is 3.07. The zero-order valence-electron chi connectivity index (χ0n) is 15.4. The maximum absolute atomic E-state index is 13.9. The average molecular weight is 392 g/mol. The summed E-state index contributed by atoms with van der Waals surface area (Å²) in [5.74, 6) is -0.403. The molecule has 0 fully saturated rings. The molecule has 146 valence electrons. The van der Waals surface area contributed by atoms with Crippen molar-refractivity contribution >= 4 is 28.6 Å². The van der Waals surface area contributed by atoms with Gasteiger partial charge in [0.05, 0.1) is 29.0 Å². The smallest absolute Gasteiger partial charge is 0.256 e. The Kier molecular flexibility index (Phi) is 4.51. The number of benzene rings is 1. The Balaban J connectivity index is 1.84. The Morgan fingerprint density at radius 1 is 1.28 bits per heavy atom. The molecule has 4 rings (SSSR count). The first kappa shape index (κ1) is 18.3. The minimum absolute atomic E-state index is 0.00515. The predicted molar refractivity (Wildman–Crippen MR) is 106 cm³/mol. The molecule has 1 unspecified atom stereocenters. The number of rotatable bonds is 5. The van der Waals surface area contributed by atoms with E-state index in [-0.39, 0.29) is 23.0 Å². The van der Waals surface area contributed by atoms with Crippen molar-refractivity contribution in [3.05, 3.63) is 66.3 Å². The second kappa shape index (κ2) is 7.15. The van der Waals surface area contributed by atoms with Gasteiger partial charge in [-0.2, -0.15) is 0 Å². The maximum atomic E-state index is 13.9. The molecule has 9 nitrogen and oxygen atoms in total. The largest absolute Gasteiger partial charge is 0.383 e. The van der Waals surface area contributed by atoms with Gasteiger partial charge in [-0.15, -0.1) is 0 Å². The van der Waals surface area contributed by atoms with Crippen LogP contribution in [0.2, 0.25) is 0 Å². The van der Waals surface area contributed by atoms with Gasteiger partial charge in [-0.25, -0.2) is 19.3 Å². The normalized spacial score (nSPS) is 12.1. The molecule has 1 atom stereocenters. The summed E-state index contributed by atoms with van der Waals surface area (Å²) < 4.78 is 15.7. The first-order chi connectivity index (χ1) is 14.0. The summed E-state index contributed by atoms with van der Waals surface area (Å²) in [5.41, 5.74) is 13.1. The Morgan fingerprint density at radius 3 is 2.83 bits per heavy atom. The lowest BCUT2D eigenvalue weighted by atomic mass is 10.2. The number of pyridine rings is 1. The Labute approximate surface area is 164 Å². The van der Waals surface area contributed by atoms with Gasteiger partial charge >= 0.3 is 0 Å². The van der Waals surface area contributed by atoms with Crippen LogP contribution in [0.1, 0.15) is 29.1 Å². The number of nitrogens with one attached hydrogen (secondary N) is 1. The summed E-state index contributed by atoms with van der Waals surface area (Å²) in [6.07, 6.45) is 4.53. The summed E-state index contributed by atoms with van der Waals surface area (Å²) in [6.45, 7) is 1.83. The fourth-order valence-electron chi connectivity index (χ4n) is 3.14. The van der Waals surface area contributed by atoms with E-state index in [1.807, 2.05) is 13.0 Å². The van der Waals surface area contributed by atoms with Crippen LogP contribution >= 0.6 is 0 Å². The van der Waals surface area contributed by atoms with Crippen LogP contribution in [-0.2, 0) is 0 Å². The van der Waals surface area contributed by atoms with Crippen LogP contribution < -0.4 is 16.8 Å². The minimum atomic E-state index is -0.749. The minimum Gasteiger partial charge on any atom is -0.383 e. The lowest BCUT2D eigenvalue weighted by Crippen LogP contribution is -2.21. The molecule has 0 saturated carbocycles. The lowest BCUT2D eigenvalue weighted by molar-refractivity contribution is 0.100. The van der Waals surface area contributed by atoms with Crippen LogP contribution in [0.3, 0.4) is 0 Å². The number of carbonyl (C=O) groups is 1. The highest BCUT2D eigenvalue weighted by atomic mass is 19.1. The third-order valence-corrected chi connectivity index (χ3v) is 4.41. The highest BCUT2D eigenvalue weighted by Crippen LogP contribution is 2.28. The lowest BCUT2D eigenvalue weighted by Gasteiger charge is -2.18. The number of hydrogen-bond acceptors (Lipinski definition) is 7. The summed E-state index contributed by atoms with van der Waals surface area (Å²) in [4.78, 5) is 28.4. The SMILES string of the molecule is CC(Nc1ncnc(N)c1C(N)=O)c1nc2ccc(F)cc2n1-c1cccnc1. The van der Waals surface area contributed by atoms with Crippen LogP contribution in [-0.4, -0.2) is 30.4 Å². The number of amides is 1. The molecule has 5 N–H and O–H groups in total. The van der Waals surface area contributed by atoms with Crippen LogP contribution in [0.25, 0.3) is 16.7 Å². The number of imidazole rings is 1. The molecular formula is C19H17FN8O. The standard InChI is InChI=1S/C19H17FN8O/c1-10(26-18-15(17(22)29)16(21)24-9-25-18)19-27-13-5-4-11(20)7-14(13)28(19)12-3-2-6-23-8-12/h2-10H,1H3,(H2,22,29)(H3,21,24,25,26). The maximum Gasteiger partial charge on any atom is 0.256 e. The Bertz CT molecular complexity index is 1210. The first-order valence-corrected chi connectivity index (χ1v) is 8.71. The van der Waals surface area contributed by atoms with Crippen molar-refractivity contribution in [3.8, 4) is 5.69 Å². The molecule has 0 aliphatic heterocycles. The van der Waals surface area contributed by atoms with Crippen molar-refractivity contribution < 1.29 is 9.18 Å². The molecule has 3 aromatic heterocycles. The third kappa shape index (κ3) is 3.31. The molecule has 0 radical (unpaired) electrons. The number of halogens is 1. The van der Waals surface area contributed by atoms with Crippen molar-refractivity contribution in [2.45, 2.75) is 13.0 Å². The number of nitrogens with two attached hydrogens (primary N) is 2. The molecule has 0 aliphatic rings. The number of primary amides is 1. The van der Waals surface area contributed by atoms with Crippen molar-refractivity contribution in [3.63, 3.8) is 0 Å². The quantitative estimate of drug-likeness (QED) is 0.473. The highest BCUT2D eigenvalue weighted by molar-refractivity contribution is 6.01. The van der Waals surface area contributed by atoms with E-state index >= 15 is 0 Å². The zero-order valence-corrected chi connectivity index (χ0v) is 15.4. The summed E-state index contributed by atoms with van der Waals surface area (Å²) >= 11 is 0. The molecule has 4 aromatic rings. The van der Waals surface area contributed by atoms with E-state index < -0.39 is 11.9 Å². The van der Waals surface area contributed by atoms with Crippen LogP contribution in [0, 0.1) is 5.82 Å². The first-order valence-electron chi connectivity index (χ1n) is 8.71. The zero-order chi connectivity index (χ0) is 20.5. The van der Waals surface area contributed by atoms with Gasteiger partial charge in [0.15, 0.2) is 0 Å². The van der Waals surface area contributed by atoms with Gasteiger partial charge in [-0.3, -0.25) is 14.3 Å².